The normalized spacial score (nSPS) is 21.7. The molecule has 1 aliphatic rings. The van der Waals surface area contributed by atoms with Gasteiger partial charge in [0.2, 0.25) is 0 Å². The zero-order chi connectivity index (χ0) is 11.4. The van der Waals surface area contributed by atoms with E-state index in [4.69, 9.17) is 11.6 Å². The van der Waals surface area contributed by atoms with Crippen LogP contribution in [0.1, 0.15) is 42.5 Å². The van der Waals surface area contributed by atoms with Crippen molar-refractivity contribution in [2.45, 2.75) is 38.1 Å². The molecule has 2 heterocycles. The van der Waals surface area contributed by atoms with Crippen LogP contribution in [0.2, 0.25) is 4.34 Å². The summed E-state index contributed by atoms with van der Waals surface area (Å²) in [5, 5.41) is 5.29. The summed E-state index contributed by atoms with van der Waals surface area (Å²) < 4.78 is 0.692. The highest BCUT2D eigenvalue weighted by molar-refractivity contribution is 7.14. The molecule has 0 amide bonds. The smallest absolute Gasteiger partial charge is 0.165 e. The third kappa shape index (κ3) is 3.30. The number of nitrogens with one attached hydrogen (secondary N) is 1. The van der Waals surface area contributed by atoms with Gasteiger partial charge in [-0.05, 0) is 25.5 Å². The highest BCUT2D eigenvalue weighted by Crippen LogP contribution is 2.22. The van der Waals surface area contributed by atoms with Crippen molar-refractivity contribution in [2.75, 3.05) is 6.54 Å². The third-order valence-corrected chi connectivity index (χ3v) is 4.07. The first kappa shape index (κ1) is 12.1. The Balaban J connectivity index is 1.90. The van der Waals surface area contributed by atoms with Crippen molar-refractivity contribution in [3.63, 3.8) is 0 Å². The van der Waals surface area contributed by atoms with Crippen LogP contribution in [0.4, 0.5) is 0 Å². The number of ketones is 1. The monoisotopic (exact) mass is 257 g/mol. The molecule has 1 aliphatic heterocycles. The quantitative estimate of drug-likeness (QED) is 0.840. The molecule has 2 rings (SSSR count). The summed E-state index contributed by atoms with van der Waals surface area (Å²) >= 11 is 7.25. The number of hydrogen-bond acceptors (Lipinski definition) is 3. The second kappa shape index (κ2) is 5.80. The molecule has 1 aromatic rings. The summed E-state index contributed by atoms with van der Waals surface area (Å²) in [4.78, 5) is 11.9. The zero-order valence-electron chi connectivity index (χ0n) is 9.17. The number of rotatable bonds is 3. The van der Waals surface area contributed by atoms with Crippen molar-refractivity contribution in [3.8, 4) is 0 Å². The molecular weight excluding hydrogens is 242 g/mol. The van der Waals surface area contributed by atoms with Crippen molar-refractivity contribution in [1.29, 1.82) is 0 Å². The van der Waals surface area contributed by atoms with E-state index in [1.54, 1.807) is 6.07 Å². The second-order valence-electron chi connectivity index (χ2n) is 4.27. The fraction of sp³-hybridized carbons (Fsp3) is 0.583. The highest BCUT2D eigenvalue weighted by atomic mass is 35.5. The van der Waals surface area contributed by atoms with Crippen LogP contribution in [-0.2, 0) is 0 Å². The molecule has 0 saturated carbocycles. The minimum absolute atomic E-state index is 0.211. The molecule has 1 fully saturated rings. The van der Waals surface area contributed by atoms with Gasteiger partial charge < -0.3 is 5.32 Å². The Morgan fingerprint density at radius 2 is 2.38 bits per heavy atom. The molecule has 2 nitrogen and oxygen atoms in total. The SMILES string of the molecule is O=C(CC1CCCCCN1)c1csc(Cl)c1. The first-order valence-corrected chi connectivity index (χ1v) is 7.02. The standard InChI is InChI=1S/C12H16ClNOS/c13-12-6-9(8-16-12)11(15)7-10-4-2-1-3-5-14-10/h6,8,10,14H,1-5,7H2. The molecule has 0 bridgehead atoms. The van der Waals surface area contributed by atoms with Crippen LogP contribution in [0.25, 0.3) is 0 Å². The summed E-state index contributed by atoms with van der Waals surface area (Å²) in [5.41, 5.74) is 0.765. The molecule has 0 radical (unpaired) electrons. The van der Waals surface area contributed by atoms with Gasteiger partial charge in [0.25, 0.3) is 0 Å². The van der Waals surface area contributed by atoms with Crippen LogP contribution in [0.3, 0.4) is 0 Å². The van der Waals surface area contributed by atoms with Crippen molar-refractivity contribution >= 4 is 28.7 Å². The molecule has 88 valence electrons. The maximum atomic E-state index is 11.9. The Bertz CT molecular complexity index is 356. The van der Waals surface area contributed by atoms with E-state index in [0.29, 0.717) is 16.8 Å². The zero-order valence-corrected chi connectivity index (χ0v) is 10.7. The van der Waals surface area contributed by atoms with Crippen LogP contribution in [0, 0.1) is 0 Å². The number of thiophene rings is 1. The van der Waals surface area contributed by atoms with Gasteiger partial charge in [0.05, 0.1) is 4.34 Å². The highest BCUT2D eigenvalue weighted by Gasteiger charge is 2.17. The molecule has 1 aromatic heterocycles. The number of carbonyl (C=O) groups is 1. The average Bonchev–Trinajstić information content (AvgIpc) is 2.54. The van der Waals surface area contributed by atoms with Gasteiger partial charge in [-0.1, -0.05) is 24.4 Å². The second-order valence-corrected chi connectivity index (χ2v) is 5.81. The van der Waals surface area contributed by atoms with Gasteiger partial charge in [-0.3, -0.25) is 4.79 Å². The number of hydrogen-bond donors (Lipinski definition) is 1. The lowest BCUT2D eigenvalue weighted by atomic mass is 10.0. The van der Waals surface area contributed by atoms with Gasteiger partial charge in [0, 0.05) is 23.4 Å². The number of Topliss-reactive ketones (excluding diaryl/α,β-unsaturated/α-hetero) is 1. The van der Waals surface area contributed by atoms with Gasteiger partial charge in [-0.25, -0.2) is 0 Å². The largest absolute Gasteiger partial charge is 0.314 e. The van der Waals surface area contributed by atoms with E-state index >= 15 is 0 Å². The molecule has 0 spiro atoms. The van der Waals surface area contributed by atoms with E-state index in [9.17, 15) is 4.79 Å². The van der Waals surface area contributed by atoms with Crippen LogP contribution in [-0.4, -0.2) is 18.4 Å². The molecule has 4 heteroatoms. The van der Waals surface area contributed by atoms with E-state index < -0.39 is 0 Å². The van der Waals surface area contributed by atoms with Crippen molar-refractivity contribution < 1.29 is 4.79 Å². The summed E-state index contributed by atoms with van der Waals surface area (Å²) in [6.45, 7) is 1.04. The Labute approximate surface area is 105 Å². The first-order valence-electron chi connectivity index (χ1n) is 5.76. The van der Waals surface area contributed by atoms with E-state index in [1.807, 2.05) is 5.38 Å². The number of halogens is 1. The molecule has 0 aliphatic carbocycles. The van der Waals surface area contributed by atoms with Crippen LogP contribution in [0.15, 0.2) is 11.4 Å². The van der Waals surface area contributed by atoms with Gasteiger partial charge in [0.1, 0.15) is 0 Å². The summed E-state index contributed by atoms with van der Waals surface area (Å²) in [5.74, 6) is 0.211. The van der Waals surface area contributed by atoms with E-state index in [2.05, 4.69) is 5.32 Å². The molecule has 0 aromatic carbocycles. The van der Waals surface area contributed by atoms with Gasteiger partial charge in [0.15, 0.2) is 5.78 Å². The van der Waals surface area contributed by atoms with Crippen molar-refractivity contribution in [2.24, 2.45) is 0 Å². The lowest BCUT2D eigenvalue weighted by Crippen LogP contribution is -2.30. The maximum Gasteiger partial charge on any atom is 0.165 e. The fourth-order valence-electron chi connectivity index (χ4n) is 2.07. The Hall–Kier alpha value is -0.380. The Morgan fingerprint density at radius 3 is 3.12 bits per heavy atom. The predicted octanol–water partition coefficient (Wildman–Crippen LogP) is 3.51. The minimum Gasteiger partial charge on any atom is -0.314 e. The fourth-order valence-corrected chi connectivity index (χ4v) is 2.96. The predicted molar refractivity (Wildman–Crippen MR) is 68.5 cm³/mol. The molecular formula is C12H16ClNOS. The van der Waals surface area contributed by atoms with Crippen LogP contribution >= 0.6 is 22.9 Å². The summed E-state index contributed by atoms with van der Waals surface area (Å²) in [7, 11) is 0. The summed E-state index contributed by atoms with van der Waals surface area (Å²) in [6.07, 6.45) is 5.46. The summed E-state index contributed by atoms with van der Waals surface area (Å²) in [6, 6.07) is 2.12. The number of carbonyl (C=O) groups excluding carboxylic acids is 1. The Kier molecular flexibility index (Phi) is 4.38. The molecule has 1 N–H and O–H groups in total. The van der Waals surface area contributed by atoms with Crippen LogP contribution < -0.4 is 5.32 Å². The van der Waals surface area contributed by atoms with Gasteiger partial charge in [-0.15, -0.1) is 11.3 Å². The maximum absolute atomic E-state index is 11.9. The molecule has 1 atom stereocenters. The molecule has 16 heavy (non-hydrogen) atoms. The third-order valence-electron chi connectivity index (χ3n) is 2.98. The topological polar surface area (TPSA) is 29.1 Å². The van der Waals surface area contributed by atoms with E-state index in [-0.39, 0.29) is 5.78 Å². The van der Waals surface area contributed by atoms with E-state index in [1.165, 1.54) is 30.6 Å². The lowest BCUT2D eigenvalue weighted by Gasteiger charge is -2.13. The van der Waals surface area contributed by atoms with Crippen molar-refractivity contribution in [1.82, 2.24) is 5.32 Å². The van der Waals surface area contributed by atoms with Gasteiger partial charge >= 0.3 is 0 Å². The van der Waals surface area contributed by atoms with Crippen molar-refractivity contribution in [3.05, 3.63) is 21.3 Å². The Morgan fingerprint density at radius 1 is 1.50 bits per heavy atom. The first-order chi connectivity index (χ1) is 7.75. The van der Waals surface area contributed by atoms with E-state index in [0.717, 1.165) is 18.5 Å². The van der Waals surface area contributed by atoms with Gasteiger partial charge in [-0.2, -0.15) is 0 Å². The minimum atomic E-state index is 0.211. The molecule has 1 saturated heterocycles. The lowest BCUT2D eigenvalue weighted by molar-refractivity contribution is 0.0968. The van der Waals surface area contributed by atoms with Crippen LogP contribution in [0.5, 0.6) is 0 Å². The molecule has 1 unspecified atom stereocenters. The average molecular weight is 258 g/mol.